The molecule has 0 unspecified atom stereocenters. The fraction of sp³-hybridized carbons (Fsp3) is 0.294. The molecule has 4 heteroatoms. The van der Waals surface area contributed by atoms with Crippen molar-refractivity contribution in [2.24, 2.45) is 0 Å². The average molecular weight is 316 g/mol. The summed E-state index contributed by atoms with van der Waals surface area (Å²) in [4.78, 5) is 3.48. The Morgan fingerprint density at radius 2 is 1.95 bits per heavy atom. The molecule has 21 heavy (non-hydrogen) atoms. The molecule has 0 atom stereocenters. The van der Waals surface area contributed by atoms with Crippen LogP contribution in [0.25, 0.3) is 0 Å². The molecular weight excluding hydrogens is 300 g/mol. The molecule has 0 bridgehead atoms. The average Bonchev–Trinajstić information content (AvgIpc) is 2.53. The van der Waals surface area contributed by atoms with Crippen LogP contribution in [0.3, 0.4) is 0 Å². The molecule has 0 radical (unpaired) electrons. The molecule has 1 heterocycles. The second-order valence-electron chi connectivity index (χ2n) is 5.25. The number of nitrogens with zero attached hydrogens (tertiary/aromatic N) is 1. The third-order valence-electron chi connectivity index (χ3n) is 3.76. The molecule has 3 rings (SSSR count). The van der Waals surface area contributed by atoms with E-state index in [1.807, 2.05) is 24.3 Å². The van der Waals surface area contributed by atoms with Gasteiger partial charge in [0, 0.05) is 22.8 Å². The minimum Gasteiger partial charge on any atom is -0.202 e. The van der Waals surface area contributed by atoms with Crippen LogP contribution in [0.1, 0.15) is 35.2 Å². The van der Waals surface area contributed by atoms with Crippen LogP contribution in [0, 0.1) is 11.3 Å². The number of halogens is 1. The fourth-order valence-electron chi connectivity index (χ4n) is 2.61. The van der Waals surface area contributed by atoms with E-state index in [4.69, 9.17) is 11.6 Å². The Morgan fingerprint density at radius 3 is 2.71 bits per heavy atom. The molecular formula is C17H16ClN2S+. The number of rotatable bonds is 3. The summed E-state index contributed by atoms with van der Waals surface area (Å²) in [6, 6.07) is 12.2. The first-order chi connectivity index (χ1) is 10.3. The molecule has 2 aromatic rings. The van der Waals surface area contributed by atoms with Gasteiger partial charge in [-0.1, -0.05) is 35.5 Å². The number of fused-ring (bicyclic) bond motifs is 1. The maximum atomic E-state index is 9.35. The summed E-state index contributed by atoms with van der Waals surface area (Å²) in [6.07, 6.45) is 4.64. The second-order valence-corrected chi connectivity index (χ2v) is 6.67. The van der Waals surface area contributed by atoms with E-state index in [1.165, 1.54) is 29.7 Å². The van der Waals surface area contributed by atoms with E-state index in [9.17, 15) is 5.26 Å². The molecule has 106 valence electrons. The van der Waals surface area contributed by atoms with Gasteiger partial charge >= 0.3 is 0 Å². The first kappa shape index (κ1) is 14.4. The van der Waals surface area contributed by atoms with Gasteiger partial charge in [-0.3, -0.25) is 0 Å². The van der Waals surface area contributed by atoms with E-state index in [0.717, 1.165) is 34.2 Å². The largest absolute Gasteiger partial charge is 0.256 e. The van der Waals surface area contributed by atoms with Crippen molar-refractivity contribution in [1.82, 2.24) is 0 Å². The second kappa shape index (κ2) is 6.51. The number of benzene rings is 1. The number of pyridine rings is 1. The summed E-state index contributed by atoms with van der Waals surface area (Å²) in [5, 5.41) is 11.1. The number of aryl methyl sites for hydroxylation is 2. The van der Waals surface area contributed by atoms with Gasteiger partial charge in [0.05, 0.1) is 0 Å². The smallest absolute Gasteiger partial charge is 0.202 e. The van der Waals surface area contributed by atoms with E-state index in [2.05, 4.69) is 17.1 Å². The van der Waals surface area contributed by atoms with E-state index < -0.39 is 0 Å². The van der Waals surface area contributed by atoms with Crippen LogP contribution in [0.4, 0.5) is 0 Å². The van der Waals surface area contributed by atoms with Gasteiger partial charge in [-0.15, -0.1) is 0 Å². The van der Waals surface area contributed by atoms with Crippen LogP contribution in [-0.2, 0) is 18.6 Å². The highest BCUT2D eigenvalue weighted by molar-refractivity contribution is 7.98. The molecule has 0 saturated heterocycles. The van der Waals surface area contributed by atoms with E-state index in [1.54, 1.807) is 11.8 Å². The zero-order valence-corrected chi connectivity index (χ0v) is 13.2. The van der Waals surface area contributed by atoms with Crippen molar-refractivity contribution in [3.63, 3.8) is 0 Å². The molecule has 1 aromatic heterocycles. The van der Waals surface area contributed by atoms with Crippen LogP contribution in [-0.4, -0.2) is 0 Å². The van der Waals surface area contributed by atoms with Gasteiger partial charge in [-0.05, 0) is 43.0 Å². The molecule has 1 aliphatic rings. The van der Waals surface area contributed by atoms with Crippen molar-refractivity contribution < 1.29 is 4.98 Å². The predicted octanol–water partition coefficient (Wildman–Crippen LogP) is 4.20. The number of aromatic nitrogens is 1. The van der Waals surface area contributed by atoms with Gasteiger partial charge in [-0.2, -0.15) is 5.26 Å². The number of nitrogens with one attached hydrogen (secondary N) is 1. The van der Waals surface area contributed by atoms with Gasteiger partial charge in [-0.25, -0.2) is 4.98 Å². The van der Waals surface area contributed by atoms with E-state index in [-0.39, 0.29) is 0 Å². The lowest BCUT2D eigenvalue weighted by atomic mass is 9.95. The highest BCUT2D eigenvalue weighted by Crippen LogP contribution is 2.26. The lowest BCUT2D eigenvalue weighted by Gasteiger charge is -2.11. The Kier molecular flexibility index (Phi) is 4.48. The third-order valence-corrected chi connectivity index (χ3v) is 5.10. The van der Waals surface area contributed by atoms with Gasteiger partial charge in [0.1, 0.15) is 11.6 Å². The Bertz CT molecular complexity index is 689. The van der Waals surface area contributed by atoms with Crippen LogP contribution in [0.5, 0.6) is 0 Å². The molecule has 1 N–H and O–H groups in total. The summed E-state index contributed by atoms with van der Waals surface area (Å²) >= 11 is 7.58. The van der Waals surface area contributed by atoms with Gasteiger partial charge < -0.3 is 0 Å². The highest BCUT2D eigenvalue weighted by Gasteiger charge is 2.21. The molecule has 0 aliphatic heterocycles. The number of thioether (sulfide) groups is 1. The minimum atomic E-state index is 0.752. The quantitative estimate of drug-likeness (QED) is 0.796. The lowest BCUT2D eigenvalue weighted by Crippen LogP contribution is -2.21. The molecule has 0 amide bonds. The zero-order chi connectivity index (χ0) is 14.7. The monoisotopic (exact) mass is 315 g/mol. The van der Waals surface area contributed by atoms with Gasteiger partial charge in [0.15, 0.2) is 5.69 Å². The molecule has 1 aliphatic carbocycles. The van der Waals surface area contributed by atoms with Crippen LogP contribution in [0.15, 0.2) is 35.4 Å². The van der Waals surface area contributed by atoms with Crippen molar-refractivity contribution in [3.8, 4) is 6.07 Å². The third kappa shape index (κ3) is 3.40. The summed E-state index contributed by atoms with van der Waals surface area (Å²) in [7, 11) is 0. The summed E-state index contributed by atoms with van der Waals surface area (Å²) < 4.78 is 0. The van der Waals surface area contributed by atoms with Gasteiger partial charge in [0.2, 0.25) is 0 Å². The van der Waals surface area contributed by atoms with Crippen molar-refractivity contribution >= 4 is 23.4 Å². The topological polar surface area (TPSA) is 37.9 Å². The van der Waals surface area contributed by atoms with Gasteiger partial charge in [0.25, 0.3) is 5.03 Å². The number of hydrogen-bond donors (Lipinski definition) is 0. The van der Waals surface area contributed by atoms with E-state index >= 15 is 0 Å². The molecule has 1 aromatic carbocycles. The number of nitriles is 1. The summed E-state index contributed by atoms with van der Waals surface area (Å²) in [5.41, 5.74) is 4.58. The molecule has 0 saturated carbocycles. The number of H-pyrrole nitrogens is 1. The Morgan fingerprint density at radius 1 is 1.19 bits per heavy atom. The standard InChI is InChI=1S/C17H15ClN2S/c18-15-7-5-12(6-8-15)11-21-17-14(10-19)9-13-3-1-2-4-16(13)20-17/h5-9H,1-4,11H2/p+1. The Labute approximate surface area is 134 Å². The summed E-state index contributed by atoms with van der Waals surface area (Å²) in [6.45, 7) is 0. The maximum absolute atomic E-state index is 9.35. The van der Waals surface area contributed by atoms with Crippen molar-refractivity contribution in [3.05, 3.63) is 57.7 Å². The predicted molar refractivity (Wildman–Crippen MR) is 85.4 cm³/mol. The Balaban J connectivity index is 1.81. The zero-order valence-electron chi connectivity index (χ0n) is 11.7. The minimum absolute atomic E-state index is 0.752. The van der Waals surface area contributed by atoms with Crippen molar-refractivity contribution in [2.75, 3.05) is 0 Å². The van der Waals surface area contributed by atoms with Crippen LogP contribution < -0.4 is 4.98 Å². The van der Waals surface area contributed by atoms with E-state index in [0.29, 0.717) is 0 Å². The fourth-order valence-corrected chi connectivity index (χ4v) is 3.69. The lowest BCUT2D eigenvalue weighted by molar-refractivity contribution is -0.439. The number of hydrogen-bond acceptors (Lipinski definition) is 2. The molecule has 0 fully saturated rings. The maximum Gasteiger partial charge on any atom is 0.256 e. The number of aromatic amines is 1. The first-order valence-electron chi connectivity index (χ1n) is 7.11. The van der Waals surface area contributed by atoms with Crippen LogP contribution >= 0.6 is 23.4 Å². The first-order valence-corrected chi connectivity index (χ1v) is 8.48. The Hall–Kier alpha value is -1.50. The highest BCUT2D eigenvalue weighted by atomic mass is 35.5. The normalized spacial score (nSPS) is 13.5. The SMILES string of the molecule is N#Cc1cc2c([nH+]c1SCc1ccc(Cl)cc1)CCCC2. The van der Waals surface area contributed by atoms with Crippen molar-refractivity contribution in [2.45, 2.75) is 36.5 Å². The molecule has 2 nitrogen and oxygen atoms in total. The van der Waals surface area contributed by atoms with Crippen molar-refractivity contribution in [1.29, 1.82) is 5.26 Å². The molecule has 0 spiro atoms. The van der Waals surface area contributed by atoms with Crippen LogP contribution in [0.2, 0.25) is 5.02 Å². The summed E-state index contributed by atoms with van der Waals surface area (Å²) in [5.74, 6) is 0.834.